The van der Waals surface area contributed by atoms with Crippen LogP contribution in [0, 0.1) is 5.92 Å². The lowest BCUT2D eigenvalue weighted by Crippen LogP contribution is -2.48. The third kappa shape index (κ3) is 4.70. The molecule has 0 bridgehead atoms. The predicted octanol–water partition coefficient (Wildman–Crippen LogP) is 2.80. The molecule has 0 atom stereocenters. The van der Waals surface area contributed by atoms with Crippen LogP contribution in [0.3, 0.4) is 0 Å². The van der Waals surface area contributed by atoms with Gasteiger partial charge >= 0.3 is 0 Å². The van der Waals surface area contributed by atoms with Gasteiger partial charge in [-0.15, -0.1) is 0 Å². The predicted molar refractivity (Wildman–Crippen MR) is 122 cm³/mol. The van der Waals surface area contributed by atoms with Gasteiger partial charge in [-0.3, -0.25) is 14.3 Å². The zero-order valence-electron chi connectivity index (χ0n) is 18.1. The van der Waals surface area contributed by atoms with Gasteiger partial charge in [0.2, 0.25) is 0 Å². The van der Waals surface area contributed by atoms with Crippen molar-refractivity contribution in [2.24, 2.45) is 5.92 Å². The highest BCUT2D eigenvalue weighted by molar-refractivity contribution is 5.81. The van der Waals surface area contributed by atoms with Crippen molar-refractivity contribution in [3.63, 3.8) is 0 Å². The van der Waals surface area contributed by atoms with Gasteiger partial charge in [0.25, 0.3) is 5.56 Å². The highest BCUT2D eigenvalue weighted by Crippen LogP contribution is 2.30. The maximum absolute atomic E-state index is 12.7. The van der Waals surface area contributed by atoms with E-state index in [0.29, 0.717) is 5.92 Å². The molecule has 5 rings (SSSR count). The number of likely N-dealkylation sites (tertiary alicyclic amines) is 1. The largest absolute Gasteiger partial charge is 0.369 e. The van der Waals surface area contributed by atoms with Crippen LogP contribution < -0.4 is 10.5 Å². The minimum Gasteiger partial charge on any atom is -0.369 e. The zero-order valence-corrected chi connectivity index (χ0v) is 18.1. The average Bonchev–Trinajstić information content (AvgIpc) is 3.62. The lowest BCUT2D eigenvalue weighted by molar-refractivity contribution is 0.200. The first kappa shape index (κ1) is 20.0. The summed E-state index contributed by atoms with van der Waals surface area (Å²) in [4.78, 5) is 25.1. The van der Waals surface area contributed by atoms with Gasteiger partial charge in [0.05, 0.1) is 17.2 Å². The number of benzene rings is 1. The van der Waals surface area contributed by atoms with E-state index in [0.717, 1.165) is 43.6 Å². The van der Waals surface area contributed by atoms with Crippen molar-refractivity contribution in [3.05, 3.63) is 34.9 Å². The molecule has 2 aliphatic heterocycles. The van der Waals surface area contributed by atoms with Crippen molar-refractivity contribution in [1.82, 2.24) is 19.4 Å². The quantitative estimate of drug-likeness (QED) is 0.734. The van der Waals surface area contributed by atoms with Gasteiger partial charge in [-0.05, 0) is 62.9 Å². The van der Waals surface area contributed by atoms with Crippen LogP contribution in [0.15, 0.2) is 29.3 Å². The summed E-state index contributed by atoms with van der Waals surface area (Å²) >= 11 is 0. The minimum atomic E-state index is 0.108. The molecule has 3 fully saturated rings. The van der Waals surface area contributed by atoms with E-state index >= 15 is 0 Å². The Bertz CT molecular complexity index is 905. The number of piperazine rings is 1. The Morgan fingerprint density at radius 3 is 2.27 bits per heavy atom. The molecular weight excluding hydrogens is 374 g/mol. The molecule has 3 heterocycles. The second kappa shape index (κ2) is 9.06. The summed E-state index contributed by atoms with van der Waals surface area (Å²) in [5.41, 5.74) is 2.13. The molecule has 0 unspecified atom stereocenters. The van der Waals surface area contributed by atoms with Gasteiger partial charge in [0.15, 0.2) is 0 Å². The molecule has 6 nitrogen and oxygen atoms in total. The number of aromatic nitrogens is 2. The zero-order chi connectivity index (χ0) is 20.3. The van der Waals surface area contributed by atoms with Crippen LogP contribution in [-0.2, 0) is 6.54 Å². The Morgan fingerprint density at radius 2 is 1.57 bits per heavy atom. The van der Waals surface area contributed by atoms with Gasteiger partial charge in [-0.25, -0.2) is 4.98 Å². The molecule has 0 spiro atoms. The van der Waals surface area contributed by atoms with Crippen molar-refractivity contribution in [1.29, 1.82) is 0 Å². The smallest absolute Gasteiger partial charge is 0.261 e. The van der Waals surface area contributed by atoms with Crippen molar-refractivity contribution < 1.29 is 0 Å². The van der Waals surface area contributed by atoms with E-state index in [1.165, 1.54) is 70.4 Å². The van der Waals surface area contributed by atoms with Crippen LogP contribution in [0.2, 0.25) is 0 Å². The highest BCUT2D eigenvalue weighted by Gasteiger charge is 2.23. The van der Waals surface area contributed by atoms with E-state index in [-0.39, 0.29) is 5.56 Å². The standard InChI is InChI=1S/C24H35N5O/c30-24-22-8-7-21(17-23(22)25-19-29(24)18-20-5-6-20)28-15-13-27(14-16-28)12-11-26-9-3-1-2-4-10-26/h7-8,17,19-20H,1-6,9-16,18H2. The molecule has 2 aromatic rings. The van der Waals surface area contributed by atoms with Crippen LogP contribution in [-0.4, -0.2) is 71.7 Å². The first-order valence-corrected chi connectivity index (χ1v) is 12.0. The molecule has 1 aliphatic carbocycles. The Kier molecular flexibility index (Phi) is 6.05. The van der Waals surface area contributed by atoms with Crippen LogP contribution in [0.5, 0.6) is 0 Å². The first-order chi connectivity index (χ1) is 14.8. The van der Waals surface area contributed by atoms with E-state index < -0.39 is 0 Å². The van der Waals surface area contributed by atoms with Crippen molar-refractivity contribution in [2.75, 3.05) is 57.3 Å². The fourth-order valence-electron chi connectivity index (χ4n) is 4.92. The fraction of sp³-hybridized carbons (Fsp3) is 0.667. The van der Waals surface area contributed by atoms with Gasteiger partial charge in [0.1, 0.15) is 0 Å². The molecule has 1 aromatic carbocycles. The number of fused-ring (bicyclic) bond motifs is 1. The van der Waals surface area contributed by atoms with E-state index in [2.05, 4.69) is 31.8 Å². The van der Waals surface area contributed by atoms with Crippen molar-refractivity contribution >= 4 is 16.6 Å². The molecule has 30 heavy (non-hydrogen) atoms. The second-order valence-corrected chi connectivity index (χ2v) is 9.43. The summed E-state index contributed by atoms with van der Waals surface area (Å²) in [5.74, 6) is 0.678. The third-order valence-corrected chi connectivity index (χ3v) is 7.13. The number of hydrogen-bond acceptors (Lipinski definition) is 5. The number of nitrogens with zero attached hydrogens (tertiary/aromatic N) is 5. The average molecular weight is 410 g/mol. The van der Waals surface area contributed by atoms with Gasteiger partial charge in [-0.1, -0.05) is 12.8 Å². The summed E-state index contributed by atoms with van der Waals surface area (Å²) in [6.45, 7) is 10.1. The summed E-state index contributed by atoms with van der Waals surface area (Å²) in [7, 11) is 0. The van der Waals surface area contributed by atoms with E-state index in [9.17, 15) is 4.79 Å². The van der Waals surface area contributed by atoms with Crippen molar-refractivity contribution in [3.8, 4) is 0 Å². The number of rotatable bonds is 6. The topological polar surface area (TPSA) is 44.6 Å². The van der Waals surface area contributed by atoms with E-state index in [1.807, 2.05) is 6.07 Å². The third-order valence-electron chi connectivity index (χ3n) is 7.13. The minimum absolute atomic E-state index is 0.108. The molecule has 2 saturated heterocycles. The Hall–Kier alpha value is -1.92. The Morgan fingerprint density at radius 1 is 0.867 bits per heavy atom. The Labute approximate surface area is 179 Å². The van der Waals surface area contributed by atoms with Gasteiger partial charge in [0, 0.05) is 51.5 Å². The highest BCUT2D eigenvalue weighted by atomic mass is 16.1. The summed E-state index contributed by atoms with van der Waals surface area (Å²) in [6.07, 6.45) is 9.79. The fourth-order valence-corrected chi connectivity index (χ4v) is 4.92. The van der Waals surface area contributed by atoms with Crippen LogP contribution >= 0.6 is 0 Å². The monoisotopic (exact) mass is 409 g/mol. The van der Waals surface area contributed by atoms with Crippen molar-refractivity contribution in [2.45, 2.75) is 45.1 Å². The number of hydrogen-bond donors (Lipinski definition) is 0. The normalized spacial score (nSPS) is 21.8. The van der Waals surface area contributed by atoms with Crippen LogP contribution in [0.25, 0.3) is 10.9 Å². The van der Waals surface area contributed by atoms with Crippen LogP contribution in [0.1, 0.15) is 38.5 Å². The lowest BCUT2D eigenvalue weighted by atomic mass is 10.2. The maximum Gasteiger partial charge on any atom is 0.261 e. The van der Waals surface area contributed by atoms with E-state index in [1.54, 1.807) is 10.9 Å². The molecule has 0 amide bonds. The summed E-state index contributed by atoms with van der Waals surface area (Å²) in [6, 6.07) is 6.19. The molecule has 3 aliphatic rings. The SMILES string of the molecule is O=c1c2ccc(N3CCN(CCN4CCCCCC4)CC3)cc2ncn1CC1CC1. The van der Waals surface area contributed by atoms with Crippen LogP contribution in [0.4, 0.5) is 5.69 Å². The molecular formula is C24H35N5O. The molecule has 0 radical (unpaired) electrons. The lowest BCUT2D eigenvalue weighted by Gasteiger charge is -2.37. The summed E-state index contributed by atoms with van der Waals surface area (Å²) < 4.78 is 1.79. The first-order valence-electron chi connectivity index (χ1n) is 12.0. The molecule has 162 valence electrons. The second-order valence-electron chi connectivity index (χ2n) is 9.43. The number of anilines is 1. The summed E-state index contributed by atoms with van der Waals surface area (Å²) in [5, 5.41) is 0.748. The molecule has 0 N–H and O–H groups in total. The molecule has 6 heteroatoms. The molecule has 1 aromatic heterocycles. The van der Waals surface area contributed by atoms with Gasteiger partial charge in [-0.2, -0.15) is 0 Å². The maximum atomic E-state index is 12.7. The molecule has 1 saturated carbocycles. The Balaban J connectivity index is 1.17. The van der Waals surface area contributed by atoms with Gasteiger partial charge < -0.3 is 9.80 Å². The van der Waals surface area contributed by atoms with E-state index in [4.69, 9.17) is 0 Å².